The number of carbonyl (C=O) groups is 2. The van der Waals surface area contributed by atoms with Crippen LogP contribution in [-0.4, -0.2) is 43.0 Å². The molecule has 1 aromatic carbocycles. The Morgan fingerprint density at radius 1 is 1.52 bits per heavy atom. The maximum Gasteiger partial charge on any atom is 0.237 e. The SMILES string of the molecule is COc1ccc(CN2CCNC(=O)C2CC(N)=O)cc1C. The lowest BCUT2D eigenvalue weighted by atomic mass is 10.1. The topological polar surface area (TPSA) is 84.7 Å². The van der Waals surface area contributed by atoms with Crippen molar-refractivity contribution in [3.8, 4) is 5.75 Å². The summed E-state index contributed by atoms with van der Waals surface area (Å²) in [4.78, 5) is 25.1. The van der Waals surface area contributed by atoms with E-state index in [0.29, 0.717) is 19.6 Å². The zero-order valence-electron chi connectivity index (χ0n) is 12.4. The molecule has 3 N–H and O–H groups in total. The largest absolute Gasteiger partial charge is 0.496 e. The summed E-state index contributed by atoms with van der Waals surface area (Å²) in [6.07, 6.45) is 0.0426. The molecule has 0 spiro atoms. The first-order chi connectivity index (χ1) is 10.0. The van der Waals surface area contributed by atoms with Crippen molar-refractivity contribution in [3.05, 3.63) is 29.3 Å². The summed E-state index contributed by atoms with van der Waals surface area (Å²) in [6, 6.07) is 5.43. The van der Waals surface area contributed by atoms with Crippen LogP contribution in [0.5, 0.6) is 5.75 Å². The third kappa shape index (κ3) is 3.72. The van der Waals surface area contributed by atoms with Crippen LogP contribution < -0.4 is 15.8 Å². The summed E-state index contributed by atoms with van der Waals surface area (Å²) in [5.74, 6) is 0.238. The molecule has 0 aliphatic carbocycles. The van der Waals surface area contributed by atoms with E-state index >= 15 is 0 Å². The van der Waals surface area contributed by atoms with E-state index in [2.05, 4.69) is 5.32 Å². The lowest BCUT2D eigenvalue weighted by Crippen LogP contribution is -2.55. The Hall–Kier alpha value is -2.08. The van der Waals surface area contributed by atoms with E-state index in [1.165, 1.54) is 0 Å². The molecule has 0 bridgehead atoms. The summed E-state index contributed by atoms with van der Waals surface area (Å²) >= 11 is 0. The van der Waals surface area contributed by atoms with Gasteiger partial charge in [0.2, 0.25) is 11.8 Å². The van der Waals surface area contributed by atoms with Crippen molar-refractivity contribution in [1.29, 1.82) is 0 Å². The maximum atomic E-state index is 11.9. The average Bonchev–Trinajstić information content (AvgIpc) is 2.42. The fourth-order valence-electron chi connectivity index (χ4n) is 2.64. The molecule has 1 aliphatic heterocycles. The highest BCUT2D eigenvalue weighted by molar-refractivity contribution is 5.88. The molecule has 114 valence electrons. The molecule has 1 saturated heterocycles. The normalized spacial score (nSPS) is 19.1. The Morgan fingerprint density at radius 2 is 2.29 bits per heavy atom. The van der Waals surface area contributed by atoms with Gasteiger partial charge in [-0.3, -0.25) is 14.5 Å². The molecule has 6 heteroatoms. The second-order valence-electron chi connectivity index (χ2n) is 5.25. The van der Waals surface area contributed by atoms with Crippen molar-refractivity contribution in [1.82, 2.24) is 10.2 Å². The van der Waals surface area contributed by atoms with Crippen LogP contribution in [0.4, 0.5) is 0 Å². The Kier molecular flexibility index (Phi) is 4.80. The highest BCUT2D eigenvalue weighted by Gasteiger charge is 2.30. The van der Waals surface area contributed by atoms with E-state index in [0.717, 1.165) is 16.9 Å². The quantitative estimate of drug-likeness (QED) is 0.810. The zero-order chi connectivity index (χ0) is 15.4. The molecule has 2 rings (SSSR count). The van der Waals surface area contributed by atoms with Crippen molar-refractivity contribution >= 4 is 11.8 Å². The smallest absolute Gasteiger partial charge is 0.237 e. The molecule has 1 aromatic rings. The first-order valence-electron chi connectivity index (χ1n) is 6.95. The van der Waals surface area contributed by atoms with Crippen LogP contribution >= 0.6 is 0 Å². The van der Waals surface area contributed by atoms with Gasteiger partial charge in [0.05, 0.1) is 19.6 Å². The number of nitrogens with two attached hydrogens (primary N) is 1. The average molecular weight is 291 g/mol. The van der Waals surface area contributed by atoms with Crippen molar-refractivity contribution in [2.75, 3.05) is 20.2 Å². The molecular formula is C15H21N3O3. The number of primary amides is 1. The van der Waals surface area contributed by atoms with E-state index in [1.807, 2.05) is 30.0 Å². The number of nitrogens with one attached hydrogen (secondary N) is 1. The zero-order valence-corrected chi connectivity index (χ0v) is 12.4. The molecule has 1 heterocycles. The van der Waals surface area contributed by atoms with Gasteiger partial charge in [0, 0.05) is 19.6 Å². The highest BCUT2D eigenvalue weighted by atomic mass is 16.5. The molecule has 1 unspecified atom stereocenters. The monoisotopic (exact) mass is 291 g/mol. The Labute approximate surface area is 124 Å². The summed E-state index contributed by atoms with van der Waals surface area (Å²) in [5, 5.41) is 2.77. The van der Waals surface area contributed by atoms with Crippen LogP contribution in [0, 0.1) is 6.92 Å². The second kappa shape index (κ2) is 6.58. The Bertz CT molecular complexity index is 545. The number of amides is 2. The molecular weight excluding hydrogens is 270 g/mol. The highest BCUT2D eigenvalue weighted by Crippen LogP contribution is 2.21. The summed E-state index contributed by atoms with van der Waals surface area (Å²) in [7, 11) is 1.64. The van der Waals surface area contributed by atoms with E-state index in [1.54, 1.807) is 7.11 Å². The molecule has 21 heavy (non-hydrogen) atoms. The molecule has 0 radical (unpaired) electrons. The van der Waals surface area contributed by atoms with Crippen LogP contribution in [0.2, 0.25) is 0 Å². The molecule has 1 aliphatic rings. The van der Waals surface area contributed by atoms with E-state index in [-0.39, 0.29) is 12.3 Å². The van der Waals surface area contributed by atoms with Crippen molar-refractivity contribution in [2.45, 2.75) is 25.9 Å². The predicted octanol–water partition coefficient (Wildman–Crippen LogP) is 0.179. The molecule has 0 aromatic heterocycles. The second-order valence-corrected chi connectivity index (χ2v) is 5.25. The summed E-state index contributed by atoms with van der Waals surface area (Å²) < 4.78 is 5.24. The van der Waals surface area contributed by atoms with E-state index < -0.39 is 11.9 Å². The van der Waals surface area contributed by atoms with Crippen LogP contribution in [0.1, 0.15) is 17.5 Å². The third-order valence-electron chi connectivity index (χ3n) is 3.68. The van der Waals surface area contributed by atoms with Crippen LogP contribution in [0.15, 0.2) is 18.2 Å². The number of piperazine rings is 1. The van der Waals surface area contributed by atoms with Gasteiger partial charge in [-0.2, -0.15) is 0 Å². The minimum absolute atomic E-state index is 0.0426. The standard InChI is InChI=1S/C15H21N3O3/c1-10-7-11(3-4-13(10)21-2)9-18-6-5-17-15(20)12(18)8-14(16)19/h3-4,7,12H,5-6,8-9H2,1-2H3,(H2,16,19)(H,17,20). The van der Waals surface area contributed by atoms with Gasteiger partial charge in [-0.25, -0.2) is 0 Å². The fourth-order valence-corrected chi connectivity index (χ4v) is 2.64. The number of methoxy groups -OCH3 is 1. The first kappa shape index (κ1) is 15.3. The Balaban J connectivity index is 2.13. The number of aryl methyl sites for hydroxylation is 1. The van der Waals surface area contributed by atoms with Gasteiger partial charge in [0.15, 0.2) is 0 Å². The number of ether oxygens (including phenoxy) is 1. The predicted molar refractivity (Wildman–Crippen MR) is 78.8 cm³/mol. The fraction of sp³-hybridized carbons (Fsp3) is 0.467. The van der Waals surface area contributed by atoms with Crippen LogP contribution in [-0.2, 0) is 16.1 Å². The van der Waals surface area contributed by atoms with Crippen molar-refractivity contribution < 1.29 is 14.3 Å². The molecule has 2 amide bonds. The number of carbonyl (C=O) groups excluding carboxylic acids is 2. The molecule has 6 nitrogen and oxygen atoms in total. The summed E-state index contributed by atoms with van der Waals surface area (Å²) in [6.45, 7) is 3.88. The van der Waals surface area contributed by atoms with Gasteiger partial charge >= 0.3 is 0 Å². The van der Waals surface area contributed by atoms with Crippen molar-refractivity contribution in [2.24, 2.45) is 5.73 Å². The van der Waals surface area contributed by atoms with Crippen LogP contribution in [0.3, 0.4) is 0 Å². The number of hydrogen-bond acceptors (Lipinski definition) is 4. The number of hydrogen-bond donors (Lipinski definition) is 2. The van der Waals surface area contributed by atoms with Crippen LogP contribution in [0.25, 0.3) is 0 Å². The molecule has 0 saturated carbocycles. The summed E-state index contributed by atoms with van der Waals surface area (Å²) in [5.41, 5.74) is 7.37. The minimum Gasteiger partial charge on any atom is -0.496 e. The lowest BCUT2D eigenvalue weighted by Gasteiger charge is -2.34. The van der Waals surface area contributed by atoms with Gasteiger partial charge in [0.1, 0.15) is 5.75 Å². The molecule has 1 atom stereocenters. The van der Waals surface area contributed by atoms with Crippen molar-refractivity contribution in [3.63, 3.8) is 0 Å². The van der Waals surface area contributed by atoms with Gasteiger partial charge in [0.25, 0.3) is 0 Å². The first-order valence-corrected chi connectivity index (χ1v) is 6.95. The van der Waals surface area contributed by atoms with E-state index in [4.69, 9.17) is 10.5 Å². The van der Waals surface area contributed by atoms with Gasteiger partial charge in [-0.1, -0.05) is 12.1 Å². The van der Waals surface area contributed by atoms with Gasteiger partial charge < -0.3 is 15.8 Å². The maximum absolute atomic E-state index is 11.9. The van der Waals surface area contributed by atoms with Gasteiger partial charge in [-0.05, 0) is 24.1 Å². The minimum atomic E-state index is -0.487. The molecule has 1 fully saturated rings. The number of nitrogens with zero attached hydrogens (tertiary/aromatic N) is 1. The third-order valence-corrected chi connectivity index (χ3v) is 3.68. The van der Waals surface area contributed by atoms with E-state index in [9.17, 15) is 9.59 Å². The Morgan fingerprint density at radius 3 is 2.90 bits per heavy atom. The van der Waals surface area contributed by atoms with Gasteiger partial charge in [-0.15, -0.1) is 0 Å². The number of rotatable bonds is 5. The number of benzene rings is 1. The lowest BCUT2D eigenvalue weighted by molar-refractivity contribution is -0.133.